The molecule has 4 aromatic rings. The molecule has 4 heterocycles. The van der Waals surface area contributed by atoms with Crippen LogP contribution in [-0.4, -0.2) is 41.6 Å². The molecule has 3 aromatic heterocycles. The number of H-pyrrole nitrogens is 2. The Morgan fingerprint density at radius 1 is 0.969 bits per heavy atom. The minimum absolute atomic E-state index is 0. The van der Waals surface area contributed by atoms with E-state index in [2.05, 4.69) is 64.5 Å². The Kier molecular flexibility index (Phi) is 5.35. The molecule has 5 rings (SSSR count). The number of aromatic nitrogens is 5. The molecule has 32 heavy (non-hydrogen) atoms. The smallest absolute Gasteiger partial charge is 0.125 e. The summed E-state index contributed by atoms with van der Waals surface area (Å²) in [5.41, 5.74) is 7.03. The molecule has 8 heteroatoms. The summed E-state index contributed by atoms with van der Waals surface area (Å²) < 4.78 is 0. The van der Waals surface area contributed by atoms with E-state index < -0.39 is 0 Å². The number of phenols is 1. The van der Waals surface area contributed by atoms with E-state index in [1.165, 1.54) is 5.57 Å². The molecule has 1 aliphatic rings. The van der Waals surface area contributed by atoms with E-state index >= 15 is 0 Å². The summed E-state index contributed by atoms with van der Waals surface area (Å²) in [4.78, 5) is 3.35. The monoisotopic (exact) mass is 450 g/mol. The van der Waals surface area contributed by atoms with Gasteiger partial charge < -0.3 is 15.4 Å². The van der Waals surface area contributed by atoms with Gasteiger partial charge in [-0.15, -0.1) is 22.6 Å². The molecule has 0 saturated heterocycles. The average molecular weight is 451 g/mol. The van der Waals surface area contributed by atoms with Gasteiger partial charge in [-0.25, -0.2) is 0 Å². The van der Waals surface area contributed by atoms with Crippen LogP contribution in [0.3, 0.4) is 0 Å². The van der Waals surface area contributed by atoms with E-state index in [9.17, 15) is 5.11 Å². The number of aromatic amines is 2. The van der Waals surface area contributed by atoms with E-state index in [1.807, 2.05) is 24.4 Å². The Morgan fingerprint density at radius 2 is 1.78 bits per heavy atom. The quantitative estimate of drug-likeness (QED) is 0.348. The highest BCUT2D eigenvalue weighted by molar-refractivity contribution is 5.92. The maximum atomic E-state index is 10.6. The standard InChI is InChI=1S/C24H26N6O.ClH/c1-23(2)9-15(10-24(3,4)30-23)18-13-25-20-8-19(28-29-22(18)20)17-6-5-14(7-21(17)31)16-11-26-27-12-16;/h5-9,11-13,25,30-31H,10H2,1-4H3,(H,26,27);1H. The Bertz CT molecular complexity index is 1300. The van der Waals surface area contributed by atoms with Crippen LogP contribution in [0.2, 0.25) is 0 Å². The molecule has 0 amide bonds. The molecule has 0 atom stereocenters. The third kappa shape index (κ3) is 4.01. The van der Waals surface area contributed by atoms with Gasteiger partial charge >= 0.3 is 0 Å². The molecule has 0 saturated carbocycles. The second-order valence-corrected chi connectivity index (χ2v) is 9.49. The molecule has 166 valence electrons. The van der Waals surface area contributed by atoms with Crippen molar-refractivity contribution in [2.24, 2.45) is 0 Å². The number of hydrogen-bond donors (Lipinski definition) is 4. The van der Waals surface area contributed by atoms with E-state index in [1.54, 1.807) is 18.5 Å². The zero-order valence-corrected chi connectivity index (χ0v) is 19.3. The second-order valence-electron chi connectivity index (χ2n) is 9.49. The van der Waals surface area contributed by atoms with Gasteiger partial charge in [0.25, 0.3) is 0 Å². The molecule has 0 unspecified atom stereocenters. The van der Waals surface area contributed by atoms with Gasteiger partial charge in [0.05, 0.1) is 17.4 Å². The van der Waals surface area contributed by atoms with Gasteiger partial charge in [-0.2, -0.15) is 5.10 Å². The molecule has 0 aliphatic carbocycles. The van der Waals surface area contributed by atoms with Crippen molar-refractivity contribution in [3.63, 3.8) is 0 Å². The van der Waals surface area contributed by atoms with Crippen LogP contribution >= 0.6 is 12.4 Å². The van der Waals surface area contributed by atoms with Crippen molar-refractivity contribution in [2.45, 2.75) is 45.2 Å². The van der Waals surface area contributed by atoms with Gasteiger partial charge in [0.1, 0.15) is 11.3 Å². The van der Waals surface area contributed by atoms with Gasteiger partial charge in [-0.3, -0.25) is 5.10 Å². The fraction of sp³-hybridized carbons (Fsp3) is 0.292. The van der Waals surface area contributed by atoms with Crippen molar-refractivity contribution < 1.29 is 5.11 Å². The first-order chi connectivity index (χ1) is 14.7. The number of halogens is 1. The van der Waals surface area contributed by atoms with Gasteiger partial charge in [0, 0.05) is 40.2 Å². The van der Waals surface area contributed by atoms with Gasteiger partial charge in [0.2, 0.25) is 0 Å². The van der Waals surface area contributed by atoms with Crippen molar-refractivity contribution in [3.8, 4) is 28.1 Å². The maximum absolute atomic E-state index is 10.6. The Morgan fingerprint density at radius 3 is 2.47 bits per heavy atom. The first kappa shape index (κ1) is 22.0. The van der Waals surface area contributed by atoms with Gasteiger partial charge in [-0.05, 0) is 63.5 Å². The fourth-order valence-electron chi connectivity index (χ4n) is 4.72. The molecule has 0 fully saturated rings. The minimum Gasteiger partial charge on any atom is -0.507 e. The first-order valence-corrected chi connectivity index (χ1v) is 10.4. The van der Waals surface area contributed by atoms with Gasteiger partial charge in [0.15, 0.2) is 0 Å². The summed E-state index contributed by atoms with van der Waals surface area (Å²) in [6, 6.07) is 7.46. The lowest BCUT2D eigenvalue weighted by molar-refractivity contribution is 0.297. The minimum atomic E-state index is -0.101. The van der Waals surface area contributed by atoms with Crippen molar-refractivity contribution >= 4 is 29.0 Å². The molecule has 1 aromatic carbocycles. The van der Waals surface area contributed by atoms with Crippen molar-refractivity contribution in [1.29, 1.82) is 0 Å². The number of fused-ring (bicyclic) bond motifs is 1. The number of nitrogens with one attached hydrogen (secondary N) is 3. The van der Waals surface area contributed by atoms with Crippen LogP contribution in [-0.2, 0) is 0 Å². The van der Waals surface area contributed by atoms with Crippen LogP contribution in [0.25, 0.3) is 39.0 Å². The number of aromatic hydroxyl groups is 1. The average Bonchev–Trinajstić information content (AvgIpc) is 3.35. The molecule has 1 aliphatic heterocycles. The van der Waals surface area contributed by atoms with E-state index in [0.29, 0.717) is 11.3 Å². The summed E-state index contributed by atoms with van der Waals surface area (Å²) >= 11 is 0. The lowest BCUT2D eigenvalue weighted by Gasteiger charge is -2.41. The normalized spacial score (nSPS) is 17.1. The predicted octanol–water partition coefficient (Wildman–Crippen LogP) is 5.08. The van der Waals surface area contributed by atoms with E-state index in [4.69, 9.17) is 0 Å². The SMILES string of the molecule is CC1(C)C=C(c2c[nH]c3cc(-c4ccc(-c5cn[nH]c5)cc4O)nnc23)CC(C)(C)N1.Cl. The summed E-state index contributed by atoms with van der Waals surface area (Å²) in [7, 11) is 0. The fourth-order valence-corrected chi connectivity index (χ4v) is 4.72. The van der Waals surface area contributed by atoms with Crippen molar-refractivity contribution in [3.05, 3.63) is 54.5 Å². The number of hydrogen-bond acceptors (Lipinski definition) is 5. The summed E-state index contributed by atoms with van der Waals surface area (Å²) in [6.45, 7) is 8.80. The van der Waals surface area contributed by atoms with Crippen LogP contribution in [0.5, 0.6) is 5.75 Å². The Hall–Kier alpha value is -3.16. The zero-order chi connectivity index (χ0) is 21.8. The molecule has 0 spiro atoms. The Balaban J connectivity index is 0.00000245. The molecule has 0 bridgehead atoms. The molecule has 7 nitrogen and oxygen atoms in total. The van der Waals surface area contributed by atoms with Crippen molar-refractivity contribution in [2.75, 3.05) is 0 Å². The highest BCUT2D eigenvalue weighted by Gasteiger charge is 2.33. The zero-order valence-electron chi connectivity index (χ0n) is 18.5. The van der Waals surface area contributed by atoms with Crippen LogP contribution < -0.4 is 5.32 Å². The van der Waals surface area contributed by atoms with Crippen LogP contribution in [0.4, 0.5) is 0 Å². The molecular weight excluding hydrogens is 424 g/mol. The lowest BCUT2D eigenvalue weighted by Crippen LogP contribution is -2.53. The number of phenolic OH excluding ortho intramolecular Hbond substituents is 1. The summed E-state index contributed by atoms with van der Waals surface area (Å²) in [5.74, 6) is 0.156. The first-order valence-electron chi connectivity index (χ1n) is 10.4. The largest absolute Gasteiger partial charge is 0.507 e. The highest BCUT2D eigenvalue weighted by Crippen LogP contribution is 2.37. The highest BCUT2D eigenvalue weighted by atomic mass is 35.5. The molecular formula is C24H27ClN6O. The topological polar surface area (TPSA) is 103 Å². The third-order valence-electron chi connectivity index (χ3n) is 5.70. The van der Waals surface area contributed by atoms with E-state index in [-0.39, 0.29) is 29.2 Å². The number of rotatable bonds is 3. The van der Waals surface area contributed by atoms with Crippen LogP contribution in [0.1, 0.15) is 39.7 Å². The Labute approximate surface area is 192 Å². The molecule has 0 radical (unpaired) electrons. The second kappa shape index (κ2) is 7.76. The summed E-state index contributed by atoms with van der Waals surface area (Å²) in [6.07, 6.45) is 8.70. The van der Waals surface area contributed by atoms with E-state index in [0.717, 1.165) is 34.1 Å². The van der Waals surface area contributed by atoms with Crippen LogP contribution in [0, 0.1) is 0 Å². The number of nitrogens with zero attached hydrogens (tertiary/aromatic N) is 3. The lowest BCUT2D eigenvalue weighted by atomic mass is 9.81. The van der Waals surface area contributed by atoms with Crippen molar-refractivity contribution in [1.82, 2.24) is 30.7 Å². The predicted molar refractivity (Wildman–Crippen MR) is 130 cm³/mol. The number of benzene rings is 1. The maximum Gasteiger partial charge on any atom is 0.125 e. The molecule has 4 N–H and O–H groups in total. The van der Waals surface area contributed by atoms with Crippen LogP contribution in [0.15, 0.2) is 48.9 Å². The third-order valence-corrected chi connectivity index (χ3v) is 5.70. The van der Waals surface area contributed by atoms with Gasteiger partial charge in [-0.1, -0.05) is 12.1 Å². The summed E-state index contributed by atoms with van der Waals surface area (Å²) in [5, 5.41) is 30.0.